The molecule has 3 aromatic rings. The molecule has 0 radical (unpaired) electrons. The Labute approximate surface area is 198 Å². The summed E-state index contributed by atoms with van der Waals surface area (Å²) in [5.41, 5.74) is 0.0844. The van der Waals surface area contributed by atoms with E-state index in [1.807, 2.05) is 6.07 Å². The van der Waals surface area contributed by atoms with Crippen LogP contribution in [0.4, 0.5) is 5.69 Å². The lowest BCUT2D eigenvalue weighted by atomic mass is 10.1. The minimum atomic E-state index is -0.827. The van der Waals surface area contributed by atoms with Crippen LogP contribution < -0.4 is 14.8 Å². The molecule has 0 aliphatic carbocycles. The van der Waals surface area contributed by atoms with Gasteiger partial charge in [-0.1, -0.05) is 11.6 Å². The van der Waals surface area contributed by atoms with E-state index in [-0.39, 0.29) is 28.5 Å². The van der Waals surface area contributed by atoms with Gasteiger partial charge < -0.3 is 28.8 Å². The fourth-order valence-corrected chi connectivity index (χ4v) is 3.96. The predicted octanol–water partition coefficient (Wildman–Crippen LogP) is 4.08. The number of hydrogen-bond donors (Lipinski definition) is 1. The number of furan rings is 1. The monoisotopic (exact) mass is 492 g/mol. The Hall–Kier alpha value is -3.50. The summed E-state index contributed by atoms with van der Waals surface area (Å²) in [4.78, 5) is 40.0. The van der Waals surface area contributed by atoms with E-state index in [0.29, 0.717) is 10.9 Å². The van der Waals surface area contributed by atoms with Gasteiger partial charge in [-0.3, -0.25) is 9.59 Å². The minimum Gasteiger partial charge on any atom is -0.493 e. The fourth-order valence-electron chi connectivity index (χ4n) is 2.82. The molecule has 0 fully saturated rings. The largest absolute Gasteiger partial charge is 0.493 e. The molecule has 0 unspecified atom stereocenters. The Balaban J connectivity index is 1.74. The highest BCUT2D eigenvalue weighted by atomic mass is 35.5. The number of anilines is 1. The minimum absolute atomic E-state index is 0.0203. The summed E-state index contributed by atoms with van der Waals surface area (Å²) < 4.78 is 21.4. The van der Waals surface area contributed by atoms with Gasteiger partial charge in [-0.05, 0) is 24.3 Å². The number of ether oxygens (including phenoxy) is 3. The predicted molar refractivity (Wildman–Crippen MR) is 122 cm³/mol. The van der Waals surface area contributed by atoms with Crippen LogP contribution in [0.25, 0.3) is 0 Å². The Kier molecular flexibility index (Phi) is 7.96. The van der Waals surface area contributed by atoms with Crippen molar-refractivity contribution >= 4 is 46.4 Å². The van der Waals surface area contributed by atoms with Gasteiger partial charge in [0, 0.05) is 24.1 Å². The maximum Gasteiger partial charge on any atom is 0.340 e. The molecule has 2 amide bonds. The third-order valence-corrected chi connectivity index (χ3v) is 5.73. The molecule has 1 aromatic carbocycles. The number of nitrogens with one attached hydrogen (secondary N) is 1. The second-order valence-corrected chi connectivity index (χ2v) is 8.52. The van der Waals surface area contributed by atoms with E-state index in [2.05, 4.69) is 5.32 Å². The number of methoxy groups -OCH3 is 2. The van der Waals surface area contributed by atoms with Gasteiger partial charge in [0.1, 0.15) is 0 Å². The number of amides is 2. The van der Waals surface area contributed by atoms with Gasteiger partial charge in [0.15, 0.2) is 23.9 Å². The highest BCUT2D eigenvalue weighted by Crippen LogP contribution is 2.34. The van der Waals surface area contributed by atoms with Gasteiger partial charge in [-0.15, -0.1) is 11.3 Å². The molecule has 11 heteroatoms. The molecule has 0 saturated heterocycles. The number of halogens is 1. The molecule has 2 aromatic heterocycles. The first-order valence-electron chi connectivity index (χ1n) is 9.58. The van der Waals surface area contributed by atoms with Crippen LogP contribution in [-0.2, 0) is 16.1 Å². The number of carbonyl (C=O) groups excluding carboxylic acids is 3. The molecule has 174 valence electrons. The van der Waals surface area contributed by atoms with Gasteiger partial charge in [0.05, 0.1) is 42.6 Å². The van der Waals surface area contributed by atoms with Crippen LogP contribution in [0.1, 0.15) is 25.8 Å². The number of hydrogen-bond acceptors (Lipinski definition) is 8. The lowest BCUT2D eigenvalue weighted by Gasteiger charge is -2.17. The Bertz CT molecular complexity index is 1140. The van der Waals surface area contributed by atoms with Crippen molar-refractivity contribution < 1.29 is 33.0 Å². The SMILES string of the molecule is COc1cc(NC(=O)c2ccco2)c(C(=O)OCC(=O)N(C)Cc2ccc(Cl)s2)cc1OC. The molecule has 33 heavy (non-hydrogen) atoms. The van der Waals surface area contributed by atoms with Crippen LogP contribution in [0.15, 0.2) is 47.1 Å². The Morgan fingerprint density at radius 3 is 2.45 bits per heavy atom. The Morgan fingerprint density at radius 1 is 1.12 bits per heavy atom. The molecule has 3 rings (SSSR count). The summed E-state index contributed by atoms with van der Waals surface area (Å²) in [6.45, 7) is -0.164. The maximum atomic E-state index is 12.8. The number of likely N-dealkylation sites (N-methyl/N-ethyl adjacent to an activating group) is 1. The quantitative estimate of drug-likeness (QED) is 0.448. The summed E-state index contributed by atoms with van der Waals surface area (Å²) in [6, 6.07) is 9.38. The Morgan fingerprint density at radius 2 is 1.85 bits per heavy atom. The van der Waals surface area contributed by atoms with Crippen LogP contribution in [-0.4, -0.2) is 50.6 Å². The normalized spacial score (nSPS) is 10.4. The van der Waals surface area contributed by atoms with E-state index in [4.69, 9.17) is 30.2 Å². The zero-order valence-corrected chi connectivity index (χ0v) is 19.6. The maximum absolute atomic E-state index is 12.8. The van der Waals surface area contributed by atoms with Gasteiger partial charge in [0.2, 0.25) is 0 Å². The molecule has 0 aliphatic heterocycles. The summed E-state index contributed by atoms with van der Waals surface area (Å²) in [7, 11) is 4.42. The highest BCUT2D eigenvalue weighted by molar-refractivity contribution is 7.16. The molecule has 2 heterocycles. The summed E-state index contributed by atoms with van der Waals surface area (Å²) in [6.07, 6.45) is 1.35. The van der Waals surface area contributed by atoms with Gasteiger partial charge in [-0.2, -0.15) is 0 Å². The molecular formula is C22H21ClN2O7S. The topological polar surface area (TPSA) is 107 Å². The van der Waals surface area contributed by atoms with E-state index in [9.17, 15) is 14.4 Å². The zero-order valence-electron chi connectivity index (χ0n) is 18.0. The second kappa shape index (κ2) is 10.9. The van der Waals surface area contributed by atoms with Crippen LogP contribution >= 0.6 is 22.9 Å². The first kappa shape index (κ1) is 24.1. The average Bonchev–Trinajstić information content (AvgIpc) is 3.48. The van der Waals surface area contributed by atoms with E-state index in [1.165, 1.54) is 54.9 Å². The van der Waals surface area contributed by atoms with Crippen molar-refractivity contribution in [1.29, 1.82) is 0 Å². The van der Waals surface area contributed by atoms with Crippen molar-refractivity contribution in [2.24, 2.45) is 0 Å². The zero-order chi connectivity index (χ0) is 24.0. The number of rotatable bonds is 9. The highest BCUT2D eigenvalue weighted by Gasteiger charge is 2.22. The molecular weight excluding hydrogens is 472 g/mol. The number of thiophene rings is 1. The summed E-state index contributed by atoms with van der Waals surface area (Å²) >= 11 is 7.27. The van der Waals surface area contributed by atoms with Crippen LogP contribution in [0.2, 0.25) is 4.34 Å². The van der Waals surface area contributed by atoms with Crippen molar-refractivity contribution in [2.45, 2.75) is 6.54 Å². The molecule has 1 N–H and O–H groups in total. The van der Waals surface area contributed by atoms with E-state index >= 15 is 0 Å². The van der Waals surface area contributed by atoms with Crippen molar-refractivity contribution in [3.63, 3.8) is 0 Å². The number of nitrogens with zero attached hydrogens (tertiary/aromatic N) is 1. The summed E-state index contributed by atoms with van der Waals surface area (Å²) in [5, 5.41) is 2.59. The van der Waals surface area contributed by atoms with E-state index in [0.717, 1.165) is 4.88 Å². The molecule has 0 spiro atoms. The van der Waals surface area contributed by atoms with Crippen LogP contribution in [0, 0.1) is 0 Å². The smallest absolute Gasteiger partial charge is 0.340 e. The molecule has 0 bridgehead atoms. The van der Waals surface area contributed by atoms with Crippen molar-refractivity contribution in [1.82, 2.24) is 4.90 Å². The van der Waals surface area contributed by atoms with E-state index < -0.39 is 24.4 Å². The lowest BCUT2D eigenvalue weighted by Crippen LogP contribution is -2.30. The number of benzene rings is 1. The fraction of sp³-hybridized carbons (Fsp3) is 0.227. The number of carbonyl (C=O) groups is 3. The van der Waals surface area contributed by atoms with Gasteiger partial charge >= 0.3 is 5.97 Å². The third-order valence-electron chi connectivity index (χ3n) is 4.51. The van der Waals surface area contributed by atoms with Gasteiger partial charge in [-0.25, -0.2) is 4.79 Å². The average molecular weight is 493 g/mol. The first-order chi connectivity index (χ1) is 15.8. The molecule has 0 aliphatic rings. The van der Waals surface area contributed by atoms with Crippen molar-refractivity contribution in [3.05, 3.63) is 63.2 Å². The first-order valence-corrected chi connectivity index (χ1v) is 10.8. The molecule has 0 saturated carbocycles. The van der Waals surface area contributed by atoms with Gasteiger partial charge in [0.25, 0.3) is 11.8 Å². The van der Waals surface area contributed by atoms with Crippen LogP contribution in [0.3, 0.4) is 0 Å². The number of esters is 1. The lowest BCUT2D eigenvalue weighted by molar-refractivity contribution is -0.133. The third kappa shape index (κ3) is 6.05. The second-order valence-electron chi connectivity index (χ2n) is 6.72. The van der Waals surface area contributed by atoms with Crippen molar-refractivity contribution in [2.75, 3.05) is 33.2 Å². The van der Waals surface area contributed by atoms with Crippen LogP contribution in [0.5, 0.6) is 11.5 Å². The van der Waals surface area contributed by atoms with Crippen molar-refractivity contribution in [3.8, 4) is 11.5 Å². The van der Waals surface area contributed by atoms with E-state index in [1.54, 1.807) is 19.2 Å². The summed E-state index contributed by atoms with van der Waals surface area (Å²) in [5.74, 6) is -1.23. The molecule has 9 nitrogen and oxygen atoms in total. The molecule has 0 atom stereocenters. The standard InChI is InChI=1S/C22H21ClN2O7S/c1-25(11-13-6-7-19(23)33-13)20(26)12-32-22(28)14-9-17(29-2)18(30-3)10-15(14)24-21(27)16-5-4-8-31-16/h4-10H,11-12H2,1-3H3,(H,24,27).